The van der Waals surface area contributed by atoms with Gasteiger partial charge in [0.15, 0.2) is 0 Å². The van der Waals surface area contributed by atoms with Gasteiger partial charge in [-0.2, -0.15) is 0 Å². The van der Waals surface area contributed by atoms with Gasteiger partial charge in [0, 0.05) is 16.1 Å². The molecule has 1 heterocycles. The van der Waals surface area contributed by atoms with E-state index in [1.807, 2.05) is 24.3 Å². The van der Waals surface area contributed by atoms with Gasteiger partial charge in [0.2, 0.25) is 0 Å². The molecule has 0 bridgehead atoms. The molecule has 0 spiro atoms. The molecule has 20 heavy (non-hydrogen) atoms. The molecule has 2 rings (SSSR count). The number of furan rings is 1. The van der Waals surface area contributed by atoms with E-state index in [0.717, 1.165) is 10.0 Å². The van der Waals surface area contributed by atoms with Crippen molar-refractivity contribution in [1.82, 2.24) is 0 Å². The van der Waals surface area contributed by atoms with Crippen molar-refractivity contribution in [2.45, 2.75) is 6.92 Å². The predicted octanol–water partition coefficient (Wildman–Crippen LogP) is 4.94. The van der Waals surface area contributed by atoms with Crippen LogP contribution in [-0.4, -0.2) is 12.6 Å². The normalized spacial score (nSPS) is 10.9. The van der Waals surface area contributed by atoms with Crippen LogP contribution in [0.5, 0.6) is 0 Å². The number of hydrogen-bond acceptors (Lipinski definition) is 3. The lowest BCUT2D eigenvalue weighted by atomic mass is 10.2. The summed E-state index contributed by atoms with van der Waals surface area (Å²) in [7, 11) is 0. The van der Waals surface area contributed by atoms with Gasteiger partial charge in [0.1, 0.15) is 11.5 Å². The molecule has 5 heteroatoms. The Bertz CT molecular complexity index is 646. The molecule has 0 aliphatic heterocycles. The van der Waals surface area contributed by atoms with Gasteiger partial charge in [-0.05, 0) is 53.2 Å². The fourth-order valence-corrected chi connectivity index (χ4v) is 2.01. The zero-order chi connectivity index (χ0) is 14.5. The highest BCUT2D eigenvalue weighted by atomic mass is 79.9. The molecule has 0 fully saturated rings. The molecule has 0 aliphatic carbocycles. The van der Waals surface area contributed by atoms with E-state index >= 15 is 0 Å². The van der Waals surface area contributed by atoms with Gasteiger partial charge >= 0.3 is 5.97 Å². The summed E-state index contributed by atoms with van der Waals surface area (Å²) >= 11 is 9.38. The first-order valence-electron chi connectivity index (χ1n) is 6.00. The first kappa shape index (κ1) is 14.9. The quantitative estimate of drug-likeness (QED) is 0.576. The molecule has 2 aromatic rings. The lowest BCUT2D eigenvalue weighted by Gasteiger charge is -1.99. The van der Waals surface area contributed by atoms with Crippen molar-refractivity contribution < 1.29 is 13.9 Å². The molecule has 1 aromatic carbocycles. The smallest absolute Gasteiger partial charge is 0.330 e. The highest BCUT2D eigenvalue weighted by molar-refractivity contribution is 9.10. The third-order valence-corrected chi connectivity index (χ3v) is 3.73. The van der Waals surface area contributed by atoms with Crippen LogP contribution in [0.4, 0.5) is 0 Å². The molecule has 0 saturated carbocycles. The minimum atomic E-state index is -0.392. The maximum absolute atomic E-state index is 11.2. The molecule has 1 aromatic heterocycles. The third-order valence-electron chi connectivity index (χ3n) is 2.50. The average Bonchev–Trinajstić information content (AvgIpc) is 2.89. The van der Waals surface area contributed by atoms with Crippen LogP contribution in [-0.2, 0) is 9.53 Å². The number of benzene rings is 1. The molecule has 0 saturated heterocycles. The first-order valence-corrected chi connectivity index (χ1v) is 7.17. The summed E-state index contributed by atoms with van der Waals surface area (Å²) in [5.74, 6) is 0.868. The highest BCUT2D eigenvalue weighted by Crippen LogP contribution is 2.30. The van der Waals surface area contributed by atoms with Gasteiger partial charge in [-0.3, -0.25) is 0 Å². The lowest BCUT2D eigenvalue weighted by molar-refractivity contribution is -0.137. The minimum absolute atomic E-state index is 0.351. The first-order chi connectivity index (χ1) is 9.60. The molecule has 0 N–H and O–H groups in total. The predicted molar refractivity (Wildman–Crippen MR) is 82.5 cm³/mol. The van der Waals surface area contributed by atoms with Crippen LogP contribution >= 0.6 is 27.5 Å². The van der Waals surface area contributed by atoms with Gasteiger partial charge in [-0.1, -0.05) is 17.7 Å². The maximum Gasteiger partial charge on any atom is 0.330 e. The standard InChI is InChI=1S/C15H12BrClO3/c1-2-19-15(18)8-5-11-4-7-14(20-11)10-3-6-12(16)13(17)9-10/h3-9H,2H2,1H3/b8-5+. The number of halogens is 2. The van der Waals surface area contributed by atoms with Gasteiger partial charge in [0.05, 0.1) is 11.6 Å². The number of carbonyl (C=O) groups is 1. The van der Waals surface area contributed by atoms with Crippen molar-refractivity contribution >= 4 is 39.6 Å². The molecular formula is C15H12BrClO3. The van der Waals surface area contributed by atoms with Crippen molar-refractivity contribution in [3.8, 4) is 11.3 Å². The summed E-state index contributed by atoms with van der Waals surface area (Å²) in [6, 6.07) is 9.16. The summed E-state index contributed by atoms with van der Waals surface area (Å²) in [6.45, 7) is 2.11. The van der Waals surface area contributed by atoms with Gasteiger partial charge in [-0.15, -0.1) is 0 Å². The van der Waals surface area contributed by atoms with Crippen LogP contribution < -0.4 is 0 Å². The van der Waals surface area contributed by atoms with Crippen LogP contribution in [0, 0.1) is 0 Å². The Morgan fingerprint density at radius 2 is 2.20 bits per heavy atom. The van der Waals surface area contributed by atoms with E-state index < -0.39 is 5.97 Å². The fourth-order valence-electron chi connectivity index (χ4n) is 1.59. The van der Waals surface area contributed by atoms with Crippen molar-refractivity contribution in [3.63, 3.8) is 0 Å². The van der Waals surface area contributed by atoms with Crippen LogP contribution in [0.3, 0.4) is 0 Å². The summed E-state index contributed by atoms with van der Waals surface area (Å²) < 4.78 is 11.2. The van der Waals surface area contributed by atoms with E-state index in [9.17, 15) is 4.79 Å². The van der Waals surface area contributed by atoms with E-state index in [-0.39, 0.29) is 0 Å². The monoisotopic (exact) mass is 354 g/mol. The van der Waals surface area contributed by atoms with Gasteiger partial charge in [-0.25, -0.2) is 4.79 Å². The molecule has 0 radical (unpaired) electrons. The average molecular weight is 356 g/mol. The number of ether oxygens (including phenoxy) is 1. The topological polar surface area (TPSA) is 39.4 Å². The van der Waals surface area contributed by atoms with E-state index in [0.29, 0.717) is 23.2 Å². The van der Waals surface area contributed by atoms with Crippen LogP contribution in [0.1, 0.15) is 12.7 Å². The maximum atomic E-state index is 11.2. The highest BCUT2D eigenvalue weighted by Gasteiger charge is 2.06. The Morgan fingerprint density at radius 3 is 2.90 bits per heavy atom. The SMILES string of the molecule is CCOC(=O)/C=C/c1ccc(-c2ccc(Br)c(Cl)c2)o1. The van der Waals surface area contributed by atoms with Crippen molar-refractivity contribution in [3.05, 3.63) is 51.7 Å². The van der Waals surface area contributed by atoms with Crippen LogP contribution in [0.2, 0.25) is 5.02 Å². The summed E-state index contributed by atoms with van der Waals surface area (Å²) in [5, 5.41) is 0.613. The third kappa shape index (κ3) is 3.74. The van der Waals surface area contributed by atoms with Crippen molar-refractivity contribution in [2.75, 3.05) is 6.61 Å². The van der Waals surface area contributed by atoms with Crippen LogP contribution in [0.25, 0.3) is 17.4 Å². The number of hydrogen-bond donors (Lipinski definition) is 0. The van der Waals surface area contributed by atoms with Crippen molar-refractivity contribution in [1.29, 1.82) is 0 Å². The Labute approximate surface area is 130 Å². The second-order valence-electron chi connectivity index (χ2n) is 3.92. The zero-order valence-corrected chi connectivity index (χ0v) is 13.1. The van der Waals surface area contributed by atoms with E-state index in [1.165, 1.54) is 6.08 Å². The molecule has 0 amide bonds. The minimum Gasteiger partial charge on any atom is -0.463 e. The number of carbonyl (C=O) groups excluding carboxylic acids is 1. The Balaban J connectivity index is 2.16. The fraction of sp³-hybridized carbons (Fsp3) is 0.133. The van der Waals surface area contributed by atoms with Crippen molar-refractivity contribution in [2.24, 2.45) is 0 Å². The van der Waals surface area contributed by atoms with E-state index in [4.69, 9.17) is 20.8 Å². The Kier molecular flexibility index (Phi) is 5.04. The largest absolute Gasteiger partial charge is 0.463 e. The molecule has 0 unspecified atom stereocenters. The number of rotatable bonds is 4. The molecule has 0 atom stereocenters. The Hall–Kier alpha value is -1.52. The summed E-state index contributed by atoms with van der Waals surface area (Å²) in [5.41, 5.74) is 0.869. The van der Waals surface area contributed by atoms with Gasteiger partial charge in [0.25, 0.3) is 0 Å². The second-order valence-corrected chi connectivity index (χ2v) is 5.18. The zero-order valence-electron chi connectivity index (χ0n) is 10.7. The number of esters is 1. The Morgan fingerprint density at radius 1 is 1.40 bits per heavy atom. The van der Waals surface area contributed by atoms with E-state index in [1.54, 1.807) is 19.1 Å². The molecule has 3 nitrogen and oxygen atoms in total. The molecule has 0 aliphatic rings. The summed E-state index contributed by atoms with van der Waals surface area (Å²) in [6.07, 6.45) is 2.91. The van der Waals surface area contributed by atoms with Crippen LogP contribution in [0.15, 0.2) is 45.3 Å². The molecular weight excluding hydrogens is 344 g/mol. The molecule has 104 valence electrons. The van der Waals surface area contributed by atoms with E-state index in [2.05, 4.69) is 15.9 Å². The van der Waals surface area contributed by atoms with Gasteiger partial charge < -0.3 is 9.15 Å². The second kappa shape index (κ2) is 6.77. The lowest BCUT2D eigenvalue weighted by Crippen LogP contribution is -1.98. The summed E-state index contributed by atoms with van der Waals surface area (Å²) in [4.78, 5) is 11.2.